The highest BCUT2D eigenvalue weighted by atomic mass is 15.2. The van der Waals surface area contributed by atoms with E-state index < -0.39 is 0 Å². The van der Waals surface area contributed by atoms with Crippen molar-refractivity contribution in [2.75, 3.05) is 6.54 Å². The predicted molar refractivity (Wildman–Crippen MR) is 89.4 cm³/mol. The van der Waals surface area contributed by atoms with Gasteiger partial charge in [-0.05, 0) is 50.6 Å². The van der Waals surface area contributed by atoms with Crippen molar-refractivity contribution in [2.45, 2.75) is 76.5 Å². The molecule has 2 heteroatoms. The van der Waals surface area contributed by atoms with Crippen LogP contribution in [0.2, 0.25) is 0 Å². The molecule has 2 fully saturated rings. The van der Waals surface area contributed by atoms with Crippen LogP contribution in [0, 0.1) is 0 Å². The molecule has 1 aromatic rings. The molecule has 3 rings (SSSR count). The topological polar surface area (TPSA) is 15.3 Å². The molecule has 2 bridgehead atoms. The third kappa shape index (κ3) is 3.32. The minimum Gasteiger partial charge on any atom is -0.311 e. The molecular formula is C19H30N2. The summed E-state index contributed by atoms with van der Waals surface area (Å²) in [7, 11) is 0. The zero-order valence-corrected chi connectivity index (χ0v) is 13.6. The predicted octanol–water partition coefficient (Wildman–Crippen LogP) is 4.13. The van der Waals surface area contributed by atoms with Crippen molar-refractivity contribution < 1.29 is 0 Å². The first kappa shape index (κ1) is 15.1. The van der Waals surface area contributed by atoms with Gasteiger partial charge in [-0.1, -0.05) is 44.2 Å². The van der Waals surface area contributed by atoms with Crippen molar-refractivity contribution in [1.29, 1.82) is 0 Å². The fourth-order valence-corrected chi connectivity index (χ4v) is 4.49. The third-order valence-electron chi connectivity index (χ3n) is 5.37. The second-order valence-corrected chi connectivity index (χ2v) is 6.84. The number of nitrogens with zero attached hydrogens (tertiary/aromatic N) is 1. The molecule has 2 saturated heterocycles. The van der Waals surface area contributed by atoms with Gasteiger partial charge >= 0.3 is 0 Å². The monoisotopic (exact) mass is 286 g/mol. The van der Waals surface area contributed by atoms with Gasteiger partial charge in [0.05, 0.1) is 0 Å². The van der Waals surface area contributed by atoms with Crippen LogP contribution in [0.3, 0.4) is 0 Å². The molecule has 3 atom stereocenters. The lowest BCUT2D eigenvalue weighted by atomic mass is 9.93. The van der Waals surface area contributed by atoms with Crippen LogP contribution in [0.4, 0.5) is 0 Å². The highest BCUT2D eigenvalue weighted by Gasteiger charge is 2.37. The highest BCUT2D eigenvalue weighted by Crippen LogP contribution is 2.35. The minimum atomic E-state index is 0.591. The van der Waals surface area contributed by atoms with Gasteiger partial charge in [-0.25, -0.2) is 0 Å². The van der Waals surface area contributed by atoms with Crippen LogP contribution in [0.25, 0.3) is 0 Å². The van der Waals surface area contributed by atoms with E-state index in [1.54, 1.807) is 0 Å². The van der Waals surface area contributed by atoms with Crippen LogP contribution in [0.15, 0.2) is 30.3 Å². The van der Waals surface area contributed by atoms with Gasteiger partial charge in [0.2, 0.25) is 0 Å². The van der Waals surface area contributed by atoms with Crippen LogP contribution in [-0.4, -0.2) is 29.6 Å². The Morgan fingerprint density at radius 3 is 2.33 bits per heavy atom. The molecule has 0 radical (unpaired) electrons. The molecule has 1 aromatic carbocycles. The van der Waals surface area contributed by atoms with Gasteiger partial charge in [-0.3, -0.25) is 4.90 Å². The van der Waals surface area contributed by atoms with Crippen LogP contribution in [-0.2, 0) is 0 Å². The summed E-state index contributed by atoms with van der Waals surface area (Å²) < 4.78 is 0. The summed E-state index contributed by atoms with van der Waals surface area (Å²) >= 11 is 0. The van der Waals surface area contributed by atoms with Gasteiger partial charge in [0.1, 0.15) is 0 Å². The van der Waals surface area contributed by atoms with Crippen molar-refractivity contribution >= 4 is 0 Å². The van der Waals surface area contributed by atoms with Crippen LogP contribution < -0.4 is 5.32 Å². The van der Waals surface area contributed by atoms with Gasteiger partial charge in [-0.2, -0.15) is 0 Å². The van der Waals surface area contributed by atoms with Crippen LogP contribution in [0.1, 0.15) is 64.0 Å². The van der Waals surface area contributed by atoms with Crippen molar-refractivity contribution in [1.82, 2.24) is 10.2 Å². The first-order chi connectivity index (χ1) is 10.3. The zero-order valence-electron chi connectivity index (χ0n) is 13.6. The highest BCUT2D eigenvalue weighted by molar-refractivity contribution is 5.19. The zero-order chi connectivity index (χ0) is 14.7. The second kappa shape index (κ2) is 6.93. The summed E-state index contributed by atoms with van der Waals surface area (Å²) in [4.78, 5) is 2.82. The van der Waals surface area contributed by atoms with Gasteiger partial charge in [0.15, 0.2) is 0 Å². The van der Waals surface area contributed by atoms with Gasteiger partial charge in [-0.15, -0.1) is 0 Å². The van der Waals surface area contributed by atoms with E-state index in [0.29, 0.717) is 6.04 Å². The Morgan fingerprint density at radius 2 is 1.76 bits per heavy atom. The molecule has 0 spiro atoms. The SMILES string of the molecule is CCCN(C1CC2CCC(C1)N2)C(CC)c1ccccc1. The van der Waals surface area contributed by atoms with Crippen molar-refractivity contribution in [2.24, 2.45) is 0 Å². The number of hydrogen-bond acceptors (Lipinski definition) is 2. The lowest BCUT2D eigenvalue weighted by molar-refractivity contribution is 0.0904. The lowest BCUT2D eigenvalue weighted by Crippen LogP contribution is -2.49. The number of fused-ring (bicyclic) bond motifs is 2. The molecule has 0 aromatic heterocycles. The molecule has 1 N–H and O–H groups in total. The number of rotatable bonds is 6. The van der Waals surface area contributed by atoms with E-state index in [2.05, 4.69) is 54.4 Å². The summed E-state index contributed by atoms with van der Waals surface area (Å²) in [6.45, 7) is 5.90. The quantitative estimate of drug-likeness (QED) is 0.846. The molecule has 116 valence electrons. The molecule has 0 aliphatic carbocycles. The summed E-state index contributed by atoms with van der Waals surface area (Å²) in [5.74, 6) is 0. The molecule has 21 heavy (non-hydrogen) atoms. The van der Waals surface area contributed by atoms with Gasteiger partial charge in [0.25, 0.3) is 0 Å². The Bertz CT molecular complexity index is 418. The molecular weight excluding hydrogens is 256 g/mol. The van der Waals surface area contributed by atoms with E-state index in [1.165, 1.54) is 50.6 Å². The van der Waals surface area contributed by atoms with E-state index in [4.69, 9.17) is 0 Å². The normalized spacial score (nSPS) is 29.8. The summed E-state index contributed by atoms with van der Waals surface area (Å²) in [5, 5.41) is 3.79. The Kier molecular flexibility index (Phi) is 4.97. The average molecular weight is 286 g/mol. The fraction of sp³-hybridized carbons (Fsp3) is 0.684. The Balaban J connectivity index is 1.79. The molecule has 2 aliphatic rings. The van der Waals surface area contributed by atoms with Crippen molar-refractivity contribution in [3.05, 3.63) is 35.9 Å². The van der Waals surface area contributed by atoms with E-state index in [0.717, 1.165) is 18.1 Å². The fourth-order valence-electron chi connectivity index (χ4n) is 4.49. The first-order valence-corrected chi connectivity index (χ1v) is 8.88. The molecule has 0 amide bonds. The summed E-state index contributed by atoms with van der Waals surface area (Å²) in [6.07, 6.45) is 7.94. The number of nitrogens with one attached hydrogen (secondary N) is 1. The minimum absolute atomic E-state index is 0.591. The Hall–Kier alpha value is -0.860. The first-order valence-electron chi connectivity index (χ1n) is 8.88. The van der Waals surface area contributed by atoms with E-state index >= 15 is 0 Å². The van der Waals surface area contributed by atoms with Gasteiger partial charge < -0.3 is 5.32 Å². The van der Waals surface area contributed by atoms with E-state index in [1.807, 2.05) is 0 Å². The maximum atomic E-state index is 3.79. The van der Waals surface area contributed by atoms with E-state index in [-0.39, 0.29) is 0 Å². The second-order valence-electron chi connectivity index (χ2n) is 6.84. The molecule has 3 unspecified atom stereocenters. The Labute approximate surface area is 129 Å². The lowest BCUT2D eigenvalue weighted by Gasteiger charge is -2.42. The molecule has 2 heterocycles. The summed E-state index contributed by atoms with van der Waals surface area (Å²) in [6, 6.07) is 14.1. The average Bonchev–Trinajstić information content (AvgIpc) is 2.86. The molecule has 2 nitrogen and oxygen atoms in total. The van der Waals surface area contributed by atoms with Crippen molar-refractivity contribution in [3.8, 4) is 0 Å². The standard InChI is InChI=1S/C19H30N2/c1-3-12-21(18-13-16-10-11-17(14-18)20-16)19(4-2)15-8-6-5-7-9-15/h5-9,16-20H,3-4,10-14H2,1-2H3. The van der Waals surface area contributed by atoms with Crippen molar-refractivity contribution in [3.63, 3.8) is 0 Å². The Morgan fingerprint density at radius 1 is 1.10 bits per heavy atom. The van der Waals surface area contributed by atoms with Gasteiger partial charge in [0, 0.05) is 24.2 Å². The molecule has 0 saturated carbocycles. The maximum absolute atomic E-state index is 3.79. The van der Waals surface area contributed by atoms with Crippen LogP contribution >= 0.6 is 0 Å². The third-order valence-corrected chi connectivity index (χ3v) is 5.37. The maximum Gasteiger partial charge on any atom is 0.0348 e. The number of benzene rings is 1. The smallest absolute Gasteiger partial charge is 0.0348 e. The summed E-state index contributed by atoms with van der Waals surface area (Å²) in [5.41, 5.74) is 1.50. The number of hydrogen-bond donors (Lipinski definition) is 1. The van der Waals surface area contributed by atoms with Crippen LogP contribution in [0.5, 0.6) is 0 Å². The molecule has 2 aliphatic heterocycles. The van der Waals surface area contributed by atoms with E-state index in [9.17, 15) is 0 Å². The largest absolute Gasteiger partial charge is 0.311 e. The number of piperidine rings is 1.